The first-order valence-electron chi connectivity index (χ1n) is 8.08. The molecule has 1 heterocycles. The monoisotopic (exact) mass is 326 g/mol. The standard InChI is InChI=1S/C19H22N2O3/c1-14(15-8-9-17-18(12-15)24-11-10-23-17)20-19(22)13-21(2)16-6-4-3-5-7-16/h3-9,12,14H,10-11,13H2,1-2H3,(H,20,22). The topological polar surface area (TPSA) is 50.8 Å². The number of fused-ring (bicyclic) bond motifs is 1. The number of hydrogen-bond donors (Lipinski definition) is 1. The van der Waals surface area contributed by atoms with Crippen molar-refractivity contribution < 1.29 is 14.3 Å². The fraction of sp³-hybridized carbons (Fsp3) is 0.316. The van der Waals surface area contributed by atoms with Crippen molar-refractivity contribution in [1.29, 1.82) is 0 Å². The first-order valence-corrected chi connectivity index (χ1v) is 8.08. The summed E-state index contributed by atoms with van der Waals surface area (Å²) >= 11 is 0. The number of likely N-dealkylation sites (N-methyl/N-ethyl adjacent to an activating group) is 1. The third-order valence-electron chi connectivity index (χ3n) is 4.02. The first-order chi connectivity index (χ1) is 11.6. The predicted molar refractivity (Wildman–Crippen MR) is 93.7 cm³/mol. The fourth-order valence-corrected chi connectivity index (χ4v) is 2.69. The van der Waals surface area contributed by atoms with Crippen LogP contribution < -0.4 is 19.7 Å². The van der Waals surface area contributed by atoms with E-state index in [0.717, 1.165) is 22.7 Å². The van der Waals surface area contributed by atoms with Crippen LogP contribution in [0.25, 0.3) is 0 Å². The molecule has 0 saturated heterocycles. The molecule has 5 nitrogen and oxygen atoms in total. The van der Waals surface area contributed by atoms with Gasteiger partial charge in [-0.15, -0.1) is 0 Å². The summed E-state index contributed by atoms with van der Waals surface area (Å²) in [5, 5.41) is 3.03. The molecule has 0 aliphatic carbocycles. The number of para-hydroxylation sites is 1. The lowest BCUT2D eigenvalue weighted by molar-refractivity contribution is -0.120. The van der Waals surface area contributed by atoms with Gasteiger partial charge in [-0.25, -0.2) is 0 Å². The highest BCUT2D eigenvalue weighted by Gasteiger charge is 2.16. The van der Waals surface area contributed by atoms with Crippen LogP contribution in [0.2, 0.25) is 0 Å². The number of nitrogens with one attached hydrogen (secondary N) is 1. The minimum absolute atomic E-state index is 0.0243. The summed E-state index contributed by atoms with van der Waals surface area (Å²) in [5.74, 6) is 1.47. The lowest BCUT2D eigenvalue weighted by Crippen LogP contribution is -2.36. The number of nitrogens with zero attached hydrogens (tertiary/aromatic N) is 1. The zero-order valence-corrected chi connectivity index (χ0v) is 14.0. The van der Waals surface area contributed by atoms with Gasteiger partial charge in [-0.3, -0.25) is 4.79 Å². The Kier molecular flexibility index (Phi) is 4.89. The van der Waals surface area contributed by atoms with Gasteiger partial charge in [-0.1, -0.05) is 24.3 Å². The zero-order valence-electron chi connectivity index (χ0n) is 14.0. The highest BCUT2D eigenvalue weighted by Crippen LogP contribution is 2.32. The summed E-state index contributed by atoms with van der Waals surface area (Å²) in [5.41, 5.74) is 2.01. The molecule has 0 fully saturated rings. The number of carbonyl (C=O) groups excluding carboxylic acids is 1. The van der Waals surface area contributed by atoms with E-state index in [4.69, 9.17) is 9.47 Å². The number of benzene rings is 2. The van der Waals surface area contributed by atoms with Gasteiger partial charge in [0.25, 0.3) is 0 Å². The Hall–Kier alpha value is -2.69. The minimum Gasteiger partial charge on any atom is -0.486 e. The molecule has 3 rings (SSSR count). The van der Waals surface area contributed by atoms with Gasteiger partial charge in [0.05, 0.1) is 12.6 Å². The van der Waals surface area contributed by atoms with Crippen molar-refractivity contribution in [2.45, 2.75) is 13.0 Å². The second-order valence-electron chi connectivity index (χ2n) is 5.88. The van der Waals surface area contributed by atoms with E-state index in [1.165, 1.54) is 0 Å². The number of hydrogen-bond acceptors (Lipinski definition) is 4. The molecule has 1 aliphatic rings. The van der Waals surface area contributed by atoms with E-state index in [1.807, 2.05) is 67.4 Å². The Morgan fingerprint density at radius 3 is 2.58 bits per heavy atom. The predicted octanol–water partition coefficient (Wildman–Crippen LogP) is 2.77. The van der Waals surface area contributed by atoms with Crippen LogP contribution in [0, 0.1) is 0 Å². The highest BCUT2D eigenvalue weighted by molar-refractivity contribution is 5.81. The fourth-order valence-electron chi connectivity index (χ4n) is 2.69. The van der Waals surface area contributed by atoms with Gasteiger partial charge >= 0.3 is 0 Å². The molecular weight excluding hydrogens is 304 g/mol. The number of anilines is 1. The van der Waals surface area contributed by atoms with E-state index in [0.29, 0.717) is 19.8 Å². The van der Waals surface area contributed by atoms with Gasteiger partial charge in [0.2, 0.25) is 5.91 Å². The molecule has 2 aromatic rings. The van der Waals surface area contributed by atoms with Gasteiger partial charge in [0, 0.05) is 12.7 Å². The summed E-state index contributed by atoms with van der Waals surface area (Å²) < 4.78 is 11.1. The zero-order chi connectivity index (χ0) is 16.9. The molecule has 126 valence electrons. The molecule has 1 unspecified atom stereocenters. The van der Waals surface area contributed by atoms with Crippen molar-refractivity contribution in [1.82, 2.24) is 5.32 Å². The number of carbonyl (C=O) groups is 1. The summed E-state index contributed by atoms with van der Waals surface area (Å²) in [6, 6.07) is 15.5. The average molecular weight is 326 g/mol. The molecule has 2 aromatic carbocycles. The SMILES string of the molecule is CC(NC(=O)CN(C)c1ccccc1)c1ccc2c(c1)OCCO2. The molecule has 1 N–H and O–H groups in total. The van der Waals surface area contributed by atoms with Crippen molar-refractivity contribution in [3.8, 4) is 11.5 Å². The normalized spacial score (nSPS) is 13.9. The van der Waals surface area contributed by atoms with E-state index in [9.17, 15) is 4.79 Å². The molecule has 1 atom stereocenters. The van der Waals surface area contributed by atoms with Gasteiger partial charge in [0.15, 0.2) is 11.5 Å². The summed E-state index contributed by atoms with van der Waals surface area (Å²) in [4.78, 5) is 14.2. The average Bonchev–Trinajstić information content (AvgIpc) is 2.61. The number of ether oxygens (including phenoxy) is 2. The molecule has 1 aliphatic heterocycles. The third kappa shape index (κ3) is 3.79. The number of rotatable bonds is 5. The molecule has 0 saturated carbocycles. The van der Waals surface area contributed by atoms with Gasteiger partial charge < -0.3 is 19.7 Å². The van der Waals surface area contributed by atoms with Crippen molar-refractivity contribution in [2.24, 2.45) is 0 Å². The second-order valence-corrected chi connectivity index (χ2v) is 5.88. The van der Waals surface area contributed by atoms with Crippen LogP contribution in [-0.2, 0) is 4.79 Å². The Morgan fingerprint density at radius 2 is 1.83 bits per heavy atom. The smallest absolute Gasteiger partial charge is 0.239 e. The lowest BCUT2D eigenvalue weighted by Gasteiger charge is -2.23. The van der Waals surface area contributed by atoms with Crippen LogP contribution in [0.15, 0.2) is 48.5 Å². The van der Waals surface area contributed by atoms with Crippen molar-refractivity contribution in [2.75, 3.05) is 31.7 Å². The van der Waals surface area contributed by atoms with Gasteiger partial charge in [-0.2, -0.15) is 0 Å². The van der Waals surface area contributed by atoms with E-state index in [-0.39, 0.29) is 11.9 Å². The van der Waals surface area contributed by atoms with E-state index >= 15 is 0 Å². The van der Waals surface area contributed by atoms with Crippen LogP contribution in [0.4, 0.5) is 5.69 Å². The molecule has 5 heteroatoms. The van der Waals surface area contributed by atoms with E-state index < -0.39 is 0 Å². The summed E-state index contributed by atoms with van der Waals surface area (Å²) in [6.45, 7) is 3.40. The van der Waals surface area contributed by atoms with Crippen LogP contribution in [-0.4, -0.2) is 32.7 Å². The maximum Gasteiger partial charge on any atom is 0.239 e. The van der Waals surface area contributed by atoms with Crippen LogP contribution in [0.1, 0.15) is 18.5 Å². The Labute approximate surface area is 142 Å². The van der Waals surface area contributed by atoms with Crippen molar-refractivity contribution in [3.05, 3.63) is 54.1 Å². The molecule has 0 radical (unpaired) electrons. The quantitative estimate of drug-likeness (QED) is 0.918. The van der Waals surface area contributed by atoms with Gasteiger partial charge in [-0.05, 0) is 36.8 Å². The maximum absolute atomic E-state index is 12.3. The molecule has 0 bridgehead atoms. The molecule has 24 heavy (non-hydrogen) atoms. The van der Waals surface area contributed by atoms with Crippen LogP contribution in [0.3, 0.4) is 0 Å². The lowest BCUT2D eigenvalue weighted by atomic mass is 10.1. The van der Waals surface area contributed by atoms with Gasteiger partial charge in [0.1, 0.15) is 13.2 Å². The van der Waals surface area contributed by atoms with Crippen LogP contribution in [0.5, 0.6) is 11.5 Å². The van der Waals surface area contributed by atoms with Crippen LogP contribution >= 0.6 is 0 Å². The van der Waals surface area contributed by atoms with Crippen molar-refractivity contribution in [3.63, 3.8) is 0 Å². The first kappa shape index (κ1) is 16.2. The summed E-state index contributed by atoms with van der Waals surface area (Å²) in [6.07, 6.45) is 0. The van der Waals surface area contributed by atoms with E-state index in [1.54, 1.807) is 0 Å². The highest BCUT2D eigenvalue weighted by atomic mass is 16.6. The molecule has 0 spiro atoms. The molecule has 0 aromatic heterocycles. The Bertz CT molecular complexity index is 703. The third-order valence-corrected chi connectivity index (χ3v) is 4.02. The van der Waals surface area contributed by atoms with E-state index in [2.05, 4.69) is 5.32 Å². The Morgan fingerprint density at radius 1 is 1.12 bits per heavy atom. The maximum atomic E-state index is 12.3. The minimum atomic E-state index is -0.0995. The number of amides is 1. The summed E-state index contributed by atoms with van der Waals surface area (Å²) in [7, 11) is 1.91. The molecular formula is C19H22N2O3. The Balaban J connectivity index is 1.60. The molecule has 1 amide bonds. The second kappa shape index (κ2) is 7.25. The van der Waals surface area contributed by atoms with Crippen molar-refractivity contribution >= 4 is 11.6 Å². The largest absolute Gasteiger partial charge is 0.486 e.